The summed E-state index contributed by atoms with van der Waals surface area (Å²) in [5, 5.41) is 0.797. The van der Waals surface area contributed by atoms with Crippen molar-refractivity contribution in [3.63, 3.8) is 0 Å². The molecular formula is C17H22N2OS. The van der Waals surface area contributed by atoms with E-state index in [-0.39, 0.29) is 0 Å². The molecule has 112 valence electrons. The van der Waals surface area contributed by atoms with Crippen LogP contribution in [0, 0.1) is 0 Å². The van der Waals surface area contributed by atoms with Crippen LogP contribution in [0.15, 0.2) is 41.8 Å². The first-order chi connectivity index (χ1) is 10.3. The molecule has 0 aliphatic rings. The van der Waals surface area contributed by atoms with Crippen LogP contribution in [0.5, 0.6) is 5.75 Å². The largest absolute Gasteiger partial charge is 0.494 e. The average Bonchev–Trinajstić information content (AvgIpc) is 2.55. The Morgan fingerprint density at radius 3 is 2.29 bits per heavy atom. The van der Waals surface area contributed by atoms with Gasteiger partial charge in [0.15, 0.2) is 5.16 Å². The molecule has 3 nitrogen and oxygen atoms in total. The summed E-state index contributed by atoms with van der Waals surface area (Å²) in [6.45, 7) is 3.01. The first-order valence-electron chi connectivity index (χ1n) is 7.42. The molecule has 0 amide bonds. The molecule has 0 atom stereocenters. The Hall–Kier alpha value is -1.55. The van der Waals surface area contributed by atoms with Crippen LogP contribution in [0.25, 0.3) is 11.1 Å². The van der Waals surface area contributed by atoms with Gasteiger partial charge in [0.05, 0.1) is 6.61 Å². The average molecular weight is 302 g/mol. The Morgan fingerprint density at radius 1 is 0.952 bits per heavy atom. The first-order valence-corrected chi connectivity index (χ1v) is 8.65. The van der Waals surface area contributed by atoms with E-state index in [0.29, 0.717) is 0 Å². The minimum atomic E-state index is 0.797. The van der Waals surface area contributed by atoms with Gasteiger partial charge in [0.25, 0.3) is 0 Å². The molecule has 0 fully saturated rings. The molecule has 0 bridgehead atoms. The molecule has 0 unspecified atom stereocenters. The Kier molecular flexibility index (Phi) is 6.54. The molecule has 4 heteroatoms. The molecule has 1 heterocycles. The molecule has 2 rings (SSSR count). The van der Waals surface area contributed by atoms with Crippen molar-refractivity contribution < 1.29 is 4.74 Å². The van der Waals surface area contributed by atoms with Gasteiger partial charge in [-0.3, -0.25) is 0 Å². The van der Waals surface area contributed by atoms with Crippen LogP contribution in [0.1, 0.15) is 32.6 Å². The second-order valence-electron chi connectivity index (χ2n) is 4.89. The van der Waals surface area contributed by atoms with Crippen LogP contribution < -0.4 is 4.74 Å². The molecule has 0 spiro atoms. The molecule has 21 heavy (non-hydrogen) atoms. The van der Waals surface area contributed by atoms with Gasteiger partial charge in [0.2, 0.25) is 0 Å². The molecule has 1 aromatic heterocycles. The summed E-state index contributed by atoms with van der Waals surface area (Å²) in [7, 11) is 0. The van der Waals surface area contributed by atoms with Gasteiger partial charge in [0.1, 0.15) is 5.75 Å². The van der Waals surface area contributed by atoms with Gasteiger partial charge in [0, 0.05) is 18.0 Å². The summed E-state index contributed by atoms with van der Waals surface area (Å²) in [6, 6.07) is 8.13. The van der Waals surface area contributed by atoms with Gasteiger partial charge in [-0.15, -0.1) is 0 Å². The number of benzene rings is 1. The van der Waals surface area contributed by atoms with Crippen molar-refractivity contribution in [2.24, 2.45) is 0 Å². The Balaban J connectivity index is 1.88. The fraction of sp³-hybridized carbons (Fsp3) is 0.412. The van der Waals surface area contributed by atoms with Crippen molar-refractivity contribution >= 4 is 11.8 Å². The number of nitrogens with zero attached hydrogens (tertiary/aromatic N) is 2. The number of hydrogen-bond donors (Lipinski definition) is 0. The topological polar surface area (TPSA) is 35.0 Å². The Bertz CT molecular complexity index is 525. The van der Waals surface area contributed by atoms with Crippen LogP contribution in [-0.2, 0) is 0 Å². The normalized spacial score (nSPS) is 10.6. The lowest BCUT2D eigenvalue weighted by Crippen LogP contribution is -1.97. The minimum Gasteiger partial charge on any atom is -0.494 e. The van der Waals surface area contributed by atoms with E-state index in [1.165, 1.54) is 19.3 Å². The third kappa shape index (κ3) is 5.05. The highest BCUT2D eigenvalue weighted by atomic mass is 32.2. The number of ether oxygens (including phenoxy) is 1. The van der Waals surface area contributed by atoms with Crippen molar-refractivity contribution in [3.05, 3.63) is 36.7 Å². The maximum atomic E-state index is 5.75. The Morgan fingerprint density at radius 2 is 1.67 bits per heavy atom. The van der Waals surface area contributed by atoms with E-state index >= 15 is 0 Å². The summed E-state index contributed by atoms with van der Waals surface area (Å²) in [4.78, 5) is 8.59. The second-order valence-corrected chi connectivity index (χ2v) is 5.67. The summed E-state index contributed by atoms with van der Waals surface area (Å²) < 4.78 is 5.75. The number of thioether (sulfide) groups is 1. The van der Waals surface area contributed by atoms with E-state index in [2.05, 4.69) is 29.0 Å². The second kappa shape index (κ2) is 8.67. The highest BCUT2D eigenvalue weighted by molar-refractivity contribution is 7.98. The standard InChI is InChI=1S/C17H22N2OS/c1-3-4-5-6-11-20-16-9-7-14(8-10-16)15-12-18-17(21-2)19-13-15/h7-10,12-13H,3-6,11H2,1-2H3. The van der Waals surface area contributed by atoms with E-state index < -0.39 is 0 Å². The zero-order valence-corrected chi connectivity index (χ0v) is 13.5. The predicted molar refractivity (Wildman–Crippen MR) is 88.9 cm³/mol. The van der Waals surface area contributed by atoms with Crippen LogP contribution in [0.2, 0.25) is 0 Å². The quantitative estimate of drug-likeness (QED) is 0.397. The van der Waals surface area contributed by atoms with Gasteiger partial charge in [-0.1, -0.05) is 50.1 Å². The van der Waals surface area contributed by atoms with Gasteiger partial charge in [-0.2, -0.15) is 0 Å². The predicted octanol–water partition coefficient (Wildman–Crippen LogP) is 4.82. The van der Waals surface area contributed by atoms with Crippen LogP contribution in [0.3, 0.4) is 0 Å². The molecule has 0 aliphatic carbocycles. The van der Waals surface area contributed by atoms with E-state index in [1.54, 1.807) is 11.8 Å². The molecule has 0 radical (unpaired) electrons. The lowest BCUT2D eigenvalue weighted by atomic mass is 10.1. The first kappa shape index (κ1) is 15.8. The molecule has 1 aromatic carbocycles. The number of rotatable bonds is 8. The van der Waals surface area contributed by atoms with E-state index in [0.717, 1.165) is 35.1 Å². The zero-order valence-electron chi connectivity index (χ0n) is 12.7. The van der Waals surface area contributed by atoms with Crippen LogP contribution >= 0.6 is 11.8 Å². The molecule has 0 aliphatic heterocycles. The van der Waals surface area contributed by atoms with Crippen molar-refractivity contribution in [2.75, 3.05) is 12.9 Å². The lowest BCUT2D eigenvalue weighted by Gasteiger charge is -2.07. The fourth-order valence-electron chi connectivity index (χ4n) is 2.03. The van der Waals surface area contributed by atoms with Gasteiger partial charge < -0.3 is 4.74 Å². The van der Waals surface area contributed by atoms with E-state index in [4.69, 9.17) is 4.74 Å². The van der Waals surface area contributed by atoms with Gasteiger partial charge in [-0.05, 0) is 30.4 Å². The van der Waals surface area contributed by atoms with Crippen LogP contribution in [-0.4, -0.2) is 22.8 Å². The van der Waals surface area contributed by atoms with Crippen molar-refractivity contribution in [3.8, 4) is 16.9 Å². The summed E-state index contributed by atoms with van der Waals surface area (Å²) in [5.74, 6) is 0.928. The maximum absolute atomic E-state index is 5.75. The number of hydrogen-bond acceptors (Lipinski definition) is 4. The molecular weight excluding hydrogens is 280 g/mol. The van der Waals surface area contributed by atoms with E-state index in [1.807, 2.05) is 30.8 Å². The van der Waals surface area contributed by atoms with Crippen molar-refractivity contribution in [1.82, 2.24) is 9.97 Å². The number of aromatic nitrogens is 2. The molecule has 0 saturated carbocycles. The molecule has 2 aromatic rings. The summed E-state index contributed by atoms with van der Waals surface area (Å²) >= 11 is 1.55. The third-order valence-electron chi connectivity index (χ3n) is 3.26. The monoisotopic (exact) mass is 302 g/mol. The third-order valence-corrected chi connectivity index (χ3v) is 3.84. The number of unbranched alkanes of at least 4 members (excludes halogenated alkanes) is 3. The van der Waals surface area contributed by atoms with Gasteiger partial charge >= 0.3 is 0 Å². The van der Waals surface area contributed by atoms with Gasteiger partial charge in [-0.25, -0.2) is 9.97 Å². The highest BCUT2D eigenvalue weighted by Gasteiger charge is 2.01. The molecule has 0 N–H and O–H groups in total. The van der Waals surface area contributed by atoms with Crippen molar-refractivity contribution in [2.45, 2.75) is 37.8 Å². The SMILES string of the molecule is CCCCCCOc1ccc(-c2cnc(SC)nc2)cc1. The van der Waals surface area contributed by atoms with Crippen molar-refractivity contribution in [1.29, 1.82) is 0 Å². The summed E-state index contributed by atoms with van der Waals surface area (Å²) in [6.07, 6.45) is 10.6. The summed E-state index contributed by atoms with van der Waals surface area (Å²) in [5.41, 5.74) is 2.14. The van der Waals surface area contributed by atoms with E-state index in [9.17, 15) is 0 Å². The zero-order chi connectivity index (χ0) is 14.9. The Labute approximate surface area is 131 Å². The molecule has 0 saturated heterocycles. The smallest absolute Gasteiger partial charge is 0.187 e. The fourth-order valence-corrected chi connectivity index (χ4v) is 2.35. The van der Waals surface area contributed by atoms with Crippen LogP contribution in [0.4, 0.5) is 0 Å². The minimum absolute atomic E-state index is 0.797. The lowest BCUT2D eigenvalue weighted by molar-refractivity contribution is 0.305. The highest BCUT2D eigenvalue weighted by Crippen LogP contribution is 2.22. The maximum Gasteiger partial charge on any atom is 0.187 e.